The van der Waals surface area contributed by atoms with E-state index in [1.54, 1.807) is 24.3 Å². The maximum Gasteiger partial charge on any atom is 0.131 e. The van der Waals surface area contributed by atoms with Gasteiger partial charge in [0, 0.05) is 11.1 Å². The summed E-state index contributed by atoms with van der Waals surface area (Å²) < 4.78 is 19.9. The molecule has 0 unspecified atom stereocenters. The third-order valence-corrected chi connectivity index (χ3v) is 4.02. The highest BCUT2D eigenvalue weighted by atomic mass is 19.1. The molecule has 0 aromatic heterocycles. The molecule has 3 heteroatoms. The van der Waals surface area contributed by atoms with Gasteiger partial charge in [-0.3, -0.25) is 0 Å². The summed E-state index contributed by atoms with van der Waals surface area (Å²) in [6.45, 7) is 2.46. The Morgan fingerprint density at radius 3 is 2.42 bits per heavy atom. The topological polar surface area (TPSA) is 33.0 Å². The molecule has 3 rings (SSSR count). The summed E-state index contributed by atoms with van der Waals surface area (Å²) in [5.74, 6) is 0.232. The minimum Gasteiger partial charge on any atom is -0.488 e. The second kappa shape index (κ2) is 8.13. The molecule has 0 radical (unpaired) electrons. The van der Waals surface area contributed by atoms with Gasteiger partial charge in [-0.2, -0.15) is 5.26 Å². The van der Waals surface area contributed by atoms with Crippen molar-refractivity contribution in [2.45, 2.75) is 13.5 Å². The van der Waals surface area contributed by atoms with Gasteiger partial charge in [-0.05, 0) is 30.7 Å². The predicted octanol–water partition coefficient (Wildman–Crippen LogP) is 5.78. The molecule has 0 spiro atoms. The van der Waals surface area contributed by atoms with Crippen LogP contribution in [0.4, 0.5) is 4.39 Å². The number of aryl methyl sites for hydroxylation is 1. The van der Waals surface area contributed by atoms with Crippen molar-refractivity contribution >= 4 is 11.6 Å². The zero-order chi connectivity index (χ0) is 18.4. The maximum absolute atomic E-state index is 14.0. The van der Waals surface area contributed by atoms with Crippen molar-refractivity contribution < 1.29 is 9.13 Å². The van der Waals surface area contributed by atoms with Crippen LogP contribution in [0.3, 0.4) is 0 Å². The highest BCUT2D eigenvalue weighted by molar-refractivity contribution is 5.90. The van der Waals surface area contributed by atoms with Crippen LogP contribution in [0.25, 0.3) is 11.6 Å². The Balaban J connectivity index is 1.87. The predicted molar refractivity (Wildman–Crippen MR) is 102 cm³/mol. The fourth-order valence-electron chi connectivity index (χ4n) is 2.58. The van der Waals surface area contributed by atoms with Crippen LogP contribution in [-0.4, -0.2) is 0 Å². The number of benzene rings is 3. The second-order valence-electron chi connectivity index (χ2n) is 5.96. The number of nitrogens with zero attached hydrogens (tertiary/aromatic N) is 1. The van der Waals surface area contributed by atoms with Crippen molar-refractivity contribution in [3.8, 4) is 11.8 Å². The summed E-state index contributed by atoms with van der Waals surface area (Å²) in [5.41, 5.74) is 3.53. The lowest BCUT2D eigenvalue weighted by atomic mass is 10.0. The molecule has 3 aromatic rings. The van der Waals surface area contributed by atoms with Crippen molar-refractivity contribution in [1.82, 2.24) is 0 Å². The number of hydrogen-bond acceptors (Lipinski definition) is 2. The van der Waals surface area contributed by atoms with Crippen LogP contribution in [0.5, 0.6) is 5.75 Å². The molecule has 0 aliphatic heterocycles. The van der Waals surface area contributed by atoms with E-state index < -0.39 is 5.82 Å². The van der Waals surface area contributed by atoms with E-state index in [1.807, 2.05) is 55.5 Å². The first-order valence-corrected chi connectivity index (χ1v) is 8.31. The number of para-hydroxylation sites is 1. The van der Waals surface area contributed by atoms with Crippen molar-refractivity contribution in [1.29, 1.82) is 5.26 Å². The average Bonchev–Trinajstić information content (AvgIpc) is 2.67. The highest BCUT2D eigenvalue weighted by Gasteiger charge is 2.09. The van der Waals surface area contributed by atoms with E-state index >= 15 is 0 Å². The van der Waals surface area contributed by atoms with Gasteiger partial charge in [-0.25, -0.2) is 4.39 Å². The molecule has 0 heterocycles. The van der Waals surface area contributed by atoms with E-state index in [-0.39, 0.29) is 11.1 Å². The van der Waals surface area contributed by atoms with Crippen LogP contribution in [0, 0.1) is 24.1 Å². The molecule has 0 bridgehead atoms. The van der Waals surface area contributed by atoms with E-state index in [4.69, 9.17) is 4.74 Å². The third-order valence-electron chi connectivity index (χ3n) is 4.02. The van der Waals surface area contributed by atoms with Gasteiger partial charge in [0.1, 0.15) is 18.2 Å². The Morgan fingerprint density at radius 1 is 1.00 bits per heavy atom. The van der Waals surface area contributed by atoms with Crippen LogP contribution in [-0.2, 0) is 6.61 Å². The second-order valence-corrected chi connectivity index (χ2v) is 5.96. The Labute approximate surface area is 152 Å². The van der Waals surface area contributed by atoms with Gasteiger partial charge in [0.2, 0.25) is 0 Å². The first kappa shape index (κ1) is 17.4. The largest absolute Gasteiger partial charge is 0.488 e. The van der Waals surface area contributed by atoms with E-state index in [1.165, 1.54) is 11.6 Å². The number of rotatable bonds is 5. The molecule has 0 saturated carbocycles. The van der Waals surface area contributed by atoms with Gasteiger partial charge < -0.3 is 4.74 Å². The molecular weight excluding hydrogens is 325 g/mol. The van der Waals surface area contributed by atoms with Gasteiger partial charge in [-0.15, -0.1) is 0 Å². The number of halogens is 1. The van der Waals surface area contributed by atoms with Gasteiger partial charge in [-0.1, -0.05) is 66.2 Å². The number of allylic oxidation sites excluding steroid dienone is 1. The summed E-state index contributed by atoms with van der Waals surface area (Å²) in [4.78, 5) is 0. The lowest BCUT2D eigenvalue weighted by molar-refractivity contribution is 0.305. The molecule has 0 atom stereocenters. The minimum absolute atomic E-state index is 0.259. The average molecular weight is 343 g/mol. The van der Waals surface area contributed by atoms with E-state index in [9.17, 15) is 9.65 Å². The summed E-state index contributed by atoms with van der Waals surface area (Å²) in [6, 6.07) is 23.9. The Bertz CT molecular complexity index is 968. The van der Waals surface area contributed by atoms with Gasteiger partial charge >= 0.3 is 0 Å². The first-order valence-electron chi connectivity index (χ1n) is 8.31. The monoisotopic (exact) mass is 343 g/mol. The molecule has 0 saturated heterocycles. The molecule has 0 aliphatic rings. The van der Waals surface area contributed by atoms with Crippen LogP contribution in [0.2, 0.25) is 0 Å². The Hall–Kier alpha value is -3.38. The molecule has 0 fully saturated rings. The summed E-state index contributed by atoms with van der Waals surface area (Å²) in [6.07, 6.45) is 1.66. The van der Waals surface area contributed by atoms with Crippen LogP contribution < -0.4 is 4.74 Å². The third kappa shape index (κ3) is 4.17. The zero-order valence-electron chi connectivity index (χ0n) is 14.4. The molecule has 26 heavy (non-hydrogen) atoms. The standard InChI is InChI=1S/C23H18FNO/c1-17-10-12-18(13-11-17)16-26-23-9-5-2-6-19(23)14-20(15-25)21-7-3-4-8-22(21)24/h2-14H,16H2,1H3. The molecule has 0 amide bonds. The van der Waals surface area contributed by atoms with Crippen LogP contribution in [0.1, 0.15) is 22.3 Å². The molecule has 128 valence electrons. The van der Waals surface area contributed by atoms with Crippen molar-refractivity contribution in [2.24, 2.45) is 0 Å². The quantitative estimate of drug-likeness (QED) is 0.435. The molecular formula is C23H18FNO. The lowest BCUT2D eigenvalue weighted by Crippen LogP contribution is -1.97. The van der Waals surface area contributed by atoms with Crippen molar-refractivity contribution in [2.75, 3.05) is 0 Å². The number of ether oxygens (including phenoxy) is 1. The molecule has 2 nitrogen and oxygen atoms in total. The fraction of sp³-hybridized carbons (Fsp3) is 0.0870. The van der Waals surface area contributed by atoms with Gasteiger partial charge in [0.15, 0.2) is 0 Å². The molecule has 0 N–H and O–H groups in total. The van der Waals surface area contributed by atoms with E-state index in [0.29, 0.717) is 12.4 Å². The molecule has 3 aromatic carbocycles. The summed E-state index contributed by atoms with van der Waals surface area (Å²) in [7, 11) is 0. The lowest BCUT2D eigenvalue weighted by Gasteiger charge is -2.10. The van der Waals surface area contributed by atoms with Crippen molar-refractivity contribution in [3.05, 3.63) is 101 Å². The smallest absolute Gasteiger partial charge is 0.131 e. The van der Waals surface area contributed by atoms with Gasteiger partial charge in [0.05, 0.1) is 11.6 Å². The summed E-state index contributed by atoms with van der Waals surface area (Å²) in [5, 5.41) is 9.46. The van der Waals surface area contributed by atoms with Crippen molar-refractivity contribution in [3.63, 3.8) is 0 Å². The van der Waals surface area contributed by atoms with E-state index in [0.717, 1.165) is 11.1 Å². The van der Waals surface area contributed by atoms with E-state index in [2.05, 4.69) is 6.07 Å². The Kier molecular flexibility index (Phi) is 5.46. The Morgan fingerprint density at radius 2 is 1.69 bits per heavy atom. The molecule has 0 aliphatic carbocycles. The van der Waals surface area contributed by atoms with Gasteiger partial charge in [0.25, 0.3) is 0 Å². The maximum atomic E-state index is 14.0. The zero-order valence-corrected chi connectivity index (χ0v) is 14.4. The summed E-state index contributed by atoms with van der Waals surface area (Å²) >= 11 is 0. The SMILES string of the molecule is Cc1ccc(COc2ccccc2C=C(C#N)c2ccccc2F)cc1. The highest BCUT2D eigenvalue weighted by Crippen LogP contribution is 2.26. The van der Waals surface area contributed by atoms with Crippen LogP contribution >= 0.6 is 0 Å². The first-order chi connectivity index (χ1) is 12.7. The minimum atomic E-state index is -0.418. The van der Waals surface area contributed by atoms with Crippen LogP contribution in [0.15, 0.2) is 72.8 Å². The normalized spacial score (nSPS) is 11.0. The fourth-order valence-corrected chi connectivity index (χ4v) is 2.58. The number of hydrogen-bond donors (Lipinski definition) is 0. The number of nitriles is 1.